The minimum absolute atomic E-state index is 0.152. The summed E-state index contributed by atoms with van der Waals surface area (Å²) in [6.45, 7) is 6.91. The van der Waals surface area contributed by atoms with Gasteiger partial charge in [0.25, 0.3) is 0 Å². The highest BCUT2D eigenvalue weighted by Crippen LogP contribution is 2.36. The second-order valence-electron chi connectivity index (χ2n) is 7.31. The first-order valence-electron chi connectivity index (χ1n) is 8.55. The Morgan fingerprint density at radius 3 is 2.43 bits per heavy atom. The first kappa shape index (κ1) is 15.3. The van der Waals surface area contributed by atoms with Gasteiger partial charge < -0.3 is 20.6 Å². The molecule has 0 aromatic carbocycles. The average molecular weight is 295 g/mol. The quantitative estimate of drug-likeness (QED) is 0.764. The van der Waals surface area contributed by atoms with Crippen LogP contribution in [0.3, 0.4) is 0 Å². The Bertz CT molecular complexity index is 378. The maximum absolute atomic E-state index is 11.4. The number of rotatable bonds is 6. The van der Waals surface area contributed by atoms with Crippen molar-refractivity contribution in [2.24, 2.45) is 17.6 Å². The fourth-order valence-electron chi connectivity index (χ4n) is 3.99. The molecule has 0 amide bonds. The van der Waals surface area contributed by atoms with Crippen LogP contribution in [0.4, 0.5) is 0 Å². The van der Waals surface area contributed by atoms with E-state index in [9.17, 15) is 9.90 Å². The summed E-state index contributed by atoms with van der Waals surface area (Å²) >= 11 is 0. The molecule has 2 aliphatic carbocycles. The fourth-order valence-corrected chi connectivity index (χ4v) is 3.99. The molecule has 0 aromatic heterocycles. The summed E-state index contributed by atoms with van der Waals surface area (Å²) in [6, 6.07) is 0. The zero-order valence-corrected chi connectivity index (χ0v) is 13.0. The van der Waals surface area contributed by atoms with Crippen LogP contribution in [-0.4, -0.2) is 65.7 Å². The lowest BCUT2D eigenvalue weighted by molar-refractivity contribution is -0.144. The Labute approximate surface area is 127 Å². The fraction of sp³-hybridized carbons (Fsp3) is 0.938. The number of hydrogen-bond donors (Lipinski definition) is 2. The van der Waals surface area contributed by atoms with Gasteiger partial charge in [-0.2, -0.15) is 0 Å². The molecule has 0 aromatic rings. The third kappa shape index (κ3) is 3.58. The highest BCUT2D eigenvalue weighted by molar-refractivity contribution is 5.79. The first-order valence-corrected chi connectivity index (χ1v) is 8.55. The summed E-state index contributed by atoms with van der Waals surface area (Å²) in [7, 11) is 0. The molecule has 5 heteroatoms. The van der Waals surface area contributed by atoms with Crippen molar-refractivity contribution < 1.29 is 9.90 Å². The van der Waals surface area contributed by atoms with E-state index < -0.39 is 11.5 Å². The maximum atomic E-state index is 11.4. The molecule has 1 aliphatic heterocycles. The average Bonchev–Trinajstić information content (AvgIpc) is 3.19. The molecule has 2 atom stereocenters. The van der Waals surface area contributed by atoms with Gasteiger partial charge in [-0.05, 0) is 50.5 Å². The van der Waals surface area contributed by atoms with Crippen molar-refractivity contribution in [3.8, 4) is 0 Å². The van der Waals surface area contributed by atoms with Gasteiger partial charge in [0.15, 0.2) is 0 Å². The third-order valence-corrected chi connectivity index (χ3v) is 5.74. The van der Waals surface area contributed by atoms with Crippen molar-refractivity contribution in [1.82, 2.24) is 9.80 Å². The largest absolute Gasteiger partial charge is 0.480 e. The number of hydrogen-bond acceptors (Lipinski definition) is 4. The van der Waals surface area contributed by atoms with E-state index in [4.69, 9.17) is 5.73 Å². The van der Waals surface area contributed by atoms with E-state index >= 15 is 0 Å². The molecule has 1 saturated heterocycles. The number of carboxylic acid groups (broad SMARTS) is 1. The van der Waals surface area contributed by atoms with Crippen molar-refractivity contribution in [2.75, 3.05) is 39.3 Å². The summed E-state index contributed by atoms with van der Waals surface area (Å²) in [5.74, 6) is 0.321. The molecule has 3 aliphatic rings. The lowest BCUT2D eigenvalue weighted by atomic mass is 9.85. The molecule has 3 fully saturated rings. The molecule has 2 saturated carbocycles. The minimum atomic E-state index is -0.964. The van der Waals surface area contributed by atoms with Crippen LogP contribution in [0, 0.1) is 11.8 Å². The van der Waals surface area contributed by atoms with Crippen molar-refractivity contribution >= 4 is 5.97 Å². The topological polar surface area (TPSA) is 69.8 Å². The van der Waals surface area contributed by atoms with E-state index in [2.05, 4.69) is 9.80 Å². The van der Waals surface area contributed by atoms with Gasteiger partial charge in [-0.25, -0.2) is 0 Å². The molecular formula is C16H29N3O2. The van der Waals surface area contributed by atoms with Crippen LogP contribution in [0.5, 0.6) is 0 Å². The van der Waals surface area contributed by atoms with Gasteiger partial charge in [0.05, 0.1) is 0 Å². The number of piperazine rings is 1. The molecule has 0 bridgehead atoms. The smallest absolute Gasteiger partial charge is 0.323 e. The Hall–Kier alpha value is -0.650. The van der Waals surface area contributed by atoms with Gasteiger partial charge in [-0.1, -0.05) is 6.42 Å². The molecule has 0 spiro atoms. The lowest BCUT2D eigenvalue weighted by Crippen LogP contribution is -2.52. The van der Waals surface area contributed by atoms with E-state index in [1.54, 1.807) is 0 Å². The molecule has 3 N–H and O–H groups in total. The first-order chi connectivity index (χ1) is 10.1. The number of nitrogens with zero attached hydrogens (tertiary/aromatic N) is 2. The van der Waals surface area contributed by atoms with Gasteiger partial charge >= 0.3 is 5.97 Å². The molecule has 5 nitrogen and oxygen atoms in total. The van der Waals surface area contributed by atoms with Gasteiger partial charge in [-0.3, -0.25) is 4.79 Å². The standard InChI is InChI=1S/C16H29N3O2/c17-16(15(20)21)6-1-2-14(16)5-7-18-8-10-19(11-9-18)12-13-3-4-13/h13-14H,1-12,17H2,(H,20,21). The number of aliphatic carboxylic acids is 1. The van der Waals surface area contributed by atoms with Crippen molar-refractivity contribution in [1.29, 1.82) is 0 Å². The lowest BCUT2D eigenvalue weighted by Gasteiger charge is -2.36. The van der Waals surface area contributed by atoms with E-state index in [-0.39, 0.29) is 5.92 Å². The summed E-state index contributed by atoms with van der Waals surface area (Å²) < 4.78 is 0. The highest BCUT2D eigenvalue weighted by Gasteiger charge is 2.45. The third-order valence-electron chi connectivity index (χ3n) is 5.74. The summed E-state index contributed by atoms with van der Waals surface area (Å²) in [4.78, 5) is 16.5. The summed E-state index contributed by atoms with van der Waals surface area (Å²) in [5.41, 5.74) is 5.15. The Balaban J connectivity index is 1.40. The second-order valence-corrected chi connectivity index (χ2v) is 7.31. The number of carbonyl (C=O) groups is 1. The SMILES string of the molecule is NC1(C(=O)O)CCCC1CCN1CCN(CC2CC2)CC1. The zero-order valence-electron chi connectivity index (χ0n) is 13.0. The van der Waals surface area contributed by atoms with Crippen LogP contribution < -0.4 is 5.73 Å². The van der Waals surface area contributed by atoms with Gasteiger partial charge in [0.1, 0.15) is 5.54 Å². The van der Waals surface area contributed by atoms with E-state index in [0.29, 0.717) is 6.42 Å². The monoisotopic (exact) mass is 295 g/mol. The van der Waals surface area contributed by atoms with Crippen LogP contribution in [0.2, 0.25) is 0 Å². The van der Waals surface area contributed by atoms with Crippen molar-refractivity contribution in [2.45, 2.75) is 44.1 Å². The van der Waals surface area contributed by atoms with Gasteiger partial charge in [0.2, 0.25) is 0 Å². The molecule has 0 radical (unpaired) electrons. The van der Waals surface area contributed by atoms with Crippen LogP contribution in [-0.2, 0) is 4.79 Å². The van der Waals surface area contributed by atoms with Crippen LogP contribution in [0.25, 0.3) is 0 Å². The molecule has 120 valence electrons. The van der Waals surface area contributed by atoms with Crippen molar-refractivity contribution in [3.63, 3.8) is 0 Å². The number of nitrogens with two attached hydrogens (primary N) is 1. The molecule has 21 heavy (non-hydrogen) atoms. The van der Waals surface area contributed by atoms with E-state index in [1.807, 2.05) is 0 Å². The van der Waals surface area contributed by atoms with Crippen LogP contribution in [0.1, 0.15) is 38.5 Å². The zero-order chi connectivity index (χ0) is 14.9. The minimum Gasteiger partial charge on any atom is -0.480 e. The van der Waals surface area contributed by atoms with Crippen LogP contribution >= 0.6 is 0 Å². The normalized spacial score (nSPS) is 35.2. The predicted octanol–water partition coefficient (Wildman–Crippen LogP) is 0.986. The van der Waals surface area contributed by atoms with E-state index in [0.717, 1.165) is 44.8 Å². The van der Waals surface area contributed by atoms with Crippen LogP contribution in [0.15, 0.2) is 0 Å². The Morgan fingerprint density at radius 1 is 1.14 bits per heavy atom. The Kier molecular flexibility index (Phi) is 4.52. The molecular weight excluding hydrogens is 266 g/mol. The maximum Gasteiger partial charge on any atom is 0.323 e. The van der Waals surface area contributed by atoms with Gasteiger partial charge in [-0.15, -0.1) is 0 Å². The highest BCUT2D eigenvalue weighted by atomic mass is 16.4. The molecule has 2 unspecified atom stereocenters. The summed E-state index contributed by atoms with van der Waals surface area (Å²) in [5, 5.41) is 9.36. The van der Waals surface area contributed by atoms with Crippen molar-refractivity contribution in [3.05, 3.63) is 0 Å². The van der Waals surface area contributed by atoms with Gasteiger partial charge in [0, 0.05) is 32.7 Å². The van der Waals surface area contributed by atoms with E-state index in [1.165, 1.54) is 32.5 Å². The molecule has 3 rings (SSSR count). The molecule has 1 heterocycles. The summed E-state index contributed by atoms with van der Waals surface area (Å²) in [6.07, 6.45) is 6.37. The predicted molar refractivity (Wildman–Crippen MR) is 82.1 cm³/mol. The Morgan fingerprint density at radius 2 is 1.81 bits per heavy atom. The number of carboxylic acids is 1. The second kappa shape index (κ2) is 6.23.